The second kappa shape index (κ2) is 9.85. The van der Waals surface area contributed by atoms with Crippen LogP contribution in [0.5, 0.6) is 0 Å². The first-order valence-electron chi connectivity index (χ1n) is 10.9. The first kappa shape index (κ1) is 24.0. The van der Waals surface area contributed by atoms with E-state index in [2.05, 4.69) is 10.1 Å². The molecule has 0 saturated heterocycles. The van der Waals surface area contributed by atoms with Gasteiger partial charge in [0.15, 0.2) is 5.69 Å². The number of carbonyl (C=O) groups is 1. The minimum atomic E-state index is -0.735. The number of nitrogens with zero attached hydrogens (tertiary/aromatic N) is 4. The third-order valence-corrected chi connectivity index (χ3v) is 5.33. The van der Waals surface area contributed by atoms with E-state index in [9.17, 15) is 18.8 Å². The van der Waals surface area contributed by atoms with Crippen LogP contribution in [0.25, 0.3) is 5.69 Å². The molecular formula is C23H29FN6O3. The molecule has 3 N–H and O–H groups in total. The number of unbranched alkanes of at least 4 members (excludes halogenated alkanes) is 1. The Labute approximate surface area is 190 Å². The van der Waals surface area contributed by atoms with Gasteiger partial charge in [-0.25, -0.2) is 13.9 Å². The molecule has 3 rings (SSSR count). The van der Waals surface area contributed by atoms with Crippen molar-refractivity contribution in [2.75, 3.05) is 17.2 Å². The van der Waals surface area contributed by atoms with Gasteiger partial charge >= 0.3 is 5.69 Å². The number of anilines is 2. The topological polar surface area (TPSA) is 119 Å². The fourth-order valence-corrected chi connectivity index (χ4v) is 3.65. The van der Waals surface area contributed by atoms with Gasteiger partial charge in [-0.2, -0.15) is 5.10 Å². The van der Waals surface area contributed by atoms with Gasteiger partial charge in [-0.05, 0) is 31.4 Å². The molecule has 0 unspecified atom stereocenters. The van der Waals surface area contributed by atoms with E-state index in [0.717, 1.165) is 6.42 Å². The average molecular weight is 457 g/mol. The smallest absolute Gasteiger partial charge is 0.330 e. The van der Waals surface area contributed by atoms with Crippen LogP contribution in [-0.4, -0.2) is 31.8 Å². The fourth-order valence-electron chi connectivity index (χ4n) is 3.65. The summed E-state index contributed by atoms with van der Waals surface area (Å²) in [4.78, 5) is 42.3. The van der Waals surface area contributed by atoms with E-state index in [1.807, 2.05) is 20.8 Å². The van der Waals surface area contributed by atoms with E-state index < -0.39 is 23.0 Å². The summed E-state index contributed by atoms with van der Waals surface area (Å²) >= 11 is 0. The van der Waals surface area contributed by atoms with E-state index in [1.165, 1.54) is 26.4 Å². The molecule has 0 bridgehead atoms. The number of halogens is 1. The Kier molecular flexibility index (Phi) is 7.15. The van der Waals surface area contributed by atoms with Crippen molar-refractivity contribution < 1.29 is 9.18 Å². The first-order chi connectivity index (χ1) is 15.7. The summed E-state index contributed by atoms with van der Waals surface area (Å²) in [5, 5.41) is 4.20. The molecule has 1 amide bonds. The Balaban J connectivity index is 2.12. The van der Waals surface area contributed by atoms with Gasteiger partial charge in [0.25, 0.3) is 11.5 Å². The molecule has 0 saturated carbocycles. The van der Waals surface area contributed by atoms with Crippen LogP contribution in [-0.2, 0) is 6.54 Å². The van der Waals surface area contributed by atoms with Crippen molar-refractivity contribution in [3.05, 3.63) is 68.4 Å². The zero-order valence-corrected chi connectivity index (χ0v) is 19.3. The van der Waals surface area contributed by atoms with Crippen molar-refractivity contribution >= 4 is 17.4 Å². The maximum absolute atomic E-state index is 14.3. The lowest BCUT2D eigenvalue weighted by Gasteiger charge is -2.24. The van der Waals surface area contributed by atoms with Crippen LogP contribution in [0, 0.1) is 18.7 Å². The summed E-state index contributed by atoms with van der Waals surface area (Å²) < 4.78 is 16.9. The van der Waals surface area contributed by atoms with Gasteiger partial charge in [-0.3, -0.25) is 19.1 Å². The van der Waals surface area contributed by atoms with E-state index in [1.54, 1.807) is 25.1 Å². The lowest BCUT2D eigenvalue weighted by Crippen LogP contribution is -2.42. The number of nitrogen functional groups attached to an aromatic ring is 1. The second-order valence-corrected chi connectivity index (χ2v) is 8.31. The van der Waals surface area contributed by atoms with Gasteiger partial charge in [0.1, 0.15) is 17.3 Å². The van der Waals surface area contributed by atoms with Crippen molar-refractivity contribution in [2.24, 2.45) is 5.92 Å². The molecular weight excluding hydrogens is 427 g/mol. The number of nitrogens with two attached hydrogens (primary N) is 1. The normalized spacial score (nSPS) is 11.2. The zero-order valence-electron chi connectivity index (χ0n) is 19.3. The standard InChI is InChI=1S/C23H29FN6O3/c1-5-6-11-28(19-20(25)29(13-14(2)3)23(33)27-21(19)31)22(32)16-12-26-30(15(16)4)18-10-8-7-9-17(18)24/h7-10,12,14H,5-6,11,13,25H2,1-4H3,(H,27,31,33). The molecule has 0 aliphatic rings. The van der Waals surface area contributed by atoms with E-state index in [0.29, 0.717) is 12.1 Å². The third kappa shape index (κ3) is 4.74. The number of rotatable bonds is 8. The van der Waals surface area contributed by atoms with Gasteiger partial charge in [-0.1, -0.05) is 39.3 Å². The van der Waals surface area contributed by atoms with E-state index in [-0.39, 0.29) is 41.8 Å². The van der Waals surface area contributed by atoms with Gasteiger partial charge in [0, 0.05) is 13.1 Å². The summed E-state index contributed by atoms with van der Waals surface area (Å²) in [6.07, 6.45) is 2.71. The van der Waals surface area contributed by atoms with Crippen LogP contribution in [0.3, 0.4) is 0 Å². The molecule has 9 nitrogen and oxygen atoms in total. The number of aromatic amines is 1. The maximum atomic E-state index is 14.3. The summed E-state index contributed by atoms with van der Waals surface area (Å²) in [7, 11) is 0. The van der Waals surface area contributed by atoms with Gasteiger partial charge in [-0.15, -0.1) is 0 Å². The number of hydrogen-bond acceptors (Lipinski definition) is 5. The largest absolute Gasteiger partial charge is 0.383 e. The molecule has 10 heteroatoms. The van der Waals surface area contributed by atoms with Crippen molar-refractivity contribution in [2.45, 2.75) is 47.1 Å². The van der Waals surface area contributed by atoms with Crippen LogP contribution in [0.4, 0.5) is 15.9 Å². The maximum Gasteiger partial charge on any atom is 0.330 e. The SMILES string of the molecule is CCCCN(C(=O)c1cnn(-c2ccccc2F)c1C)c1c(N)n(CC(C)C)c(=O)[nH]c1=O. The predicted octanol–water partition coefficient (Wildman–Crippen LogP) is 2.85. The second-order valence-electron chi connectivity index (χ2n) is 8.31. The molecule has 2 heterocycles. The number of hydrogen-bond donors (Lipinski definition) is 2. The average Bonchev–Trinajstić information content (AvgIpc) is 3.14. The predicted molar refractivity (Wildman–Crippen MR) is 125 cm³/mol. The Bertz CT molecular complexity index is 1270. The molecule has 3 aromatic rings. The van der Waals surface area contributed by atoms with Crippen molar-refractivity contribution in [1.82, 2.24) is 19.3 Å². The lowest BCUT2D eigenvalue weighted by atomic mass is 10.2. The number of H-pyrrole nitrogens is 1. The number of nitrogens with one attached hydrogen (secondary N) is 1. The Hall–Kier alpha value is -3.69. The molecule has 176 valence electrons. The zero-order chi connectivity index (χ0) is 24.3. The molecule has 2 aromatic heterocycles. The quantitative estimate of drug-likeness (QED) is 0.540. The summed E-state index contributed by atoms with van der Waals surface area (Å²) in [5.74, 6) is -0.965. The van der Waals surface area contributed by atoms with Crippen molar-refractivity contribution in [3.63, 3.8) is 0 Å². The molecule has 0 aliphatic heterocycles. The number of carbonyl (C=O) groups excluding carboxylic acids is 1. The number of para-hydroxylation sites is 1. The summed E-state index contributed by atoms with van der Waals surface area (Å²) in [5.41, 5.74) is 5.64. The lowest BCUT2D eigenvalue weighted by molar-refractivity contribution is 0.0985. The molecule has 33 heavy (non-hydrogen) atoms. The Morgan fingerprint density at radius 3 is 2.61 bits per heavy atom. The molecule has 0 radical (unpaired) electrons. The Morgan fingerprint density at radius 2 is 1.97 bits per heavy atom. The van der Waals surface area contributed by atoms with E-state index in [4.69, 9.17) is 5.73 Å². The minimum Gasteiger partial charge on any atom is -0.383 e. The van der Waals surface area contributed by atoms with Crippen LogP contribution < -0.4 is 21.9 Å². The number of aromatic nitrogens is 4. The van der Waals surface area contributed by atoms with Gasteiger partial charge < -0.3 is 10.6 Å². The molecule has 0 atom stereocenters. The van der Waals surface area contributed by atoms with Crippen molar-refractivity contribution in [1.29, 1.82) is 0 Å². The highest BCUT2D eigenvalue weighted by Crippen LogP contribution is 2.23. The van der Waals surface area contributed by atoms with Crippen molar-refractivity contribution in [3.8, 4) is 5.69 Å². The Morgan fingerprint density at radius 1 is 1.27 bits per heavy atom. The van der Waals surface area contributed by atoms with Crippen LogP contribution in [0.15, 0.2) is 40.1 Å². The highest BCUT2D eigenvalue weighted by molar-refractivity contribution is 6.07. The summed E-state index contributed by atoms with van der Waals surface area (Å²) in [6, 6.07) is 6.11. The monoisotopic (exact) mass is 456 g/mol. The fraction of sp³-hybridized carbons (Fsp3) is 0.391. The van der Waals surface area contributed by atoms with Crippen LogP contribution in [0.2, 0.25) is 0 Å². The number of amides is 1. The highest BCUT2D eigenvalue weighted by Gasteiger charge is 2.28. The third-order valence-electron chi connectivity index (χ3n) is 5.33. The van der Waals surface area contributed by atoms with E-state index >= 15 is 0 Å². The minimum absolute atomic E-state index is 0.0685. The molecule has 0 fully saturated rings. The molecule has 1 aromatic carbocycles. The van der Waals surface area contributed by atoms with Gasteiger partial charge in [0.2, 0.25) is 0 Å². The molecule has 0 aliphatic carbocycles. The number of benzene rings is 1. The highest BCUT2D eigenvalue weighted by atomic mass is 19.1. The van der Waals surface area contributed by atoms with Gasteiger partial charge in [0.05, 0.1) is 17.5 Å². The van der Waals surface area contributed by atoms with Crippen LogP contribution >= 0.6 is 0 Å². The summed E-state index contributed by atoms with van der Waals surface area (Å²) in [6.45, 7) is 7.94. The first-order valence-corrected chi connectivity index (χ1v) is 10.9. The molecule has 0 spiro atoms. The van der Waals surface area contributed by atoms with Crippen LogP contribution in [0.1, 0.15) is 49.7 Å².